The van der Waals surface area contributed by atoms with Crippen LogP contribution in [-0.2, 0) is 10.0 Å². The van der Waals surface area contributed by atoms with Gasteiger partial charge in [0, 0.05) is 25.3 Å². The molecule has 0 bridgehead atoms. The first-order valence-electron chi connectivity index (χ1n) is 6.89. The summed E-state index contributed by atoms with van der Waals surface area (Å²) in [5, 5.41) is 8.90. The first-order chi connectivity index (χ1) is 10.4. The topological polar surface area (TPSA) is 86.1 Å². The maximum absolute atomic E-state index is 12.2. The van der Waals surface area contributed by atoms with Gasteiger partial charge in [-0.15, -0.1) is 0 Å². The second-order valence-electron chi connectivity index (χ2n) is 5.07. The van der Waals surface area contributed by atoms with E-state index in [1.807, 2.05) is 17.0 Å². The number of nitrogens with one attached hydrogen (secondary N) is 1. The Hall–Kier alpha value is -1.62. The lowest BCUT2D eigenvalue weighted by Gasteiger charge is -2.25. The van der Waals surface area contributed by atoms with Crippen LogP contribution in [0.15, 0.2) is 29.3 Å². The average molecular weight is 341 g/mol. The van der Waals surface area contributed by atoms with Gasteiger partial charge in [-0.25, -0.2) is 18.1 Å². The molecule has 1 aliphatic heterocycles. The molecular formula is C14H17ClN4O2S. The number of pyridine rings is 1. The third-order valence-electron chi connectivity index (χ3n) is 3.22. The van der Waals surface area contributed by atoms with Crippen LogP contribution >= 0.6 is 11.6 Å². The van der Waals surface area contributed by atoms with Gasteiger partial charge in [0.05, 0.1) is 17.5 Å². The summed E-state index contributed by atoms with van der Waals surface area (Å²) in [5.74, 6) is 0.579. The van der Waals surface area contributed by atoms with Crippen LogP contribution in [0.2, 0.25) is 5.02 Å². The third-order valence-corrected chi connectivity index (χ3v) is 5.05. The summed E-state index contributed by atoms with van der Waals surface area (Å²) in [6.45, 7) is 3.13. The molecule has 8 heteroatoms. The zero-order valence-corrected chi connectivity index (χ0v) is 13.7. The fraction of sp³-hybridized carbons (Fsp3) is 0.429. The van der Waals surface area contributed by atoms with Crippen molar-refractivity contribution in [2.45, 2.75) is 30.7 Å². The fourth-order valence-corrected chi connectivity index (χ4v) is 3.70. The van der Waals surface area contributed by atoms with Gasteiger partial charge in [0.1, 0.15) is 10.7 Å². The molecule has 1 aliphatic rings. The summed E-state index contributed by atoms with van der Waals surface area (Å²) in [5.41, 5.74) is 0. The Labute approximate surface area is 135 Å². The minimum Gasteiger partial charge on any atom is -0.351 e. The summed E-state index contributed by atoms with van der Waals surface area (Å²) in [6, 6.07) is 2.84. The van der Waals surface area contributed by atoms with E-state index in [1.54, 1.807) is 6.92 Å². The molecule has 0 aromatic carbocycles. The van der Waals surface area contributed by atoms with Gasteiger partial charge in [-0.1, -0.05) is 23.8 Å². The molecule has 22 heavy (non-hydrogen) atoms. The molecule has 1 N–H and O–H groups in total. The smallest absolute Gasteiger partial charge is 0.242 e. The van der Waals surface area contributed by atoms with E-state index in [4.69, 9.17) is 16.9 Å². The summed E-state index contributed by atoms with van der Waals surface area (Å²) < 4.78 is 26.9. The standard InChI is InChI=1S/C14H17ClN4O2S/c1-11(5-6-16)18-22(20,21)12-9-13(15)14(17-10-12)19-7-3-2-4-8-19/h2-3,9-11,18H,4-5,7-8H2,1H3. The monoisotopic (exact) mass is 340 g/mol. The molecular weight excluding hydrogens is 324 g/mol. The van der Waals surface area contributed by atoms with E-state index in [0.717, 1.165) is 13.0 Å². The Balaban J connectivity index is 2.21. The van der Waals surface area contributed by atoms with Crippen molar-refractivity contribution in [3.8, 4) is 6.07 Å². The molecule has 0 amide bonds. The minimum absolute atomic E-state index is 0.00130. The van der Waals surface area contributed by atoms with E-state index in [9.17, 15) is 8.42 Å². The van der Waals surface area contributed by atoms with Gasteiger partial charge in [-0.05, 0) is 19.4 Å². The van der Waals surface area contributed by atoms with Gasteiger partial charge < -0.3 is 4.90 Å². The van der Waals surface area contributed by atoms with Crippen molar-refractivity contribution >= 4 is 27.4 Å². The Kier molecular flexibility index (Phi) is 5.40. The second kappa shape index (κ2) is 7.09. The maximum atomic E-state index is 12.2. The lowest BCUT2D eigenvalue weighted by Crippen LogP contribution is -2.32. The number of aromatic nitrogens is 1. The minimum atomic E-state index is -3.73. The number of rotatable bonds is 5. The molecule has 0 saturated heterocycles. The summed E-state index contributed by atoms with van der Waals surface area (Å²) >= 11 is 6.19. The van der Waals surface area contributed by atoms with Crippen LogP contribution in [0.1, 0.15) is 19.8 Å². The number of sulfonamides is 1. The first kappa shape index (κ1) is 16.7. The Bertz CT molecular complexity index is 712. The van der Waals surface area contributed by atoms with Crippen LogP contribution in [0, 0.1) is 11.3 Å². The molecule has 0 saturated carbocycles. The van der Waals surface area contributed by atoms with E-state index in [2.05, 4.69) is 15.8 Å². The Morgan fingerprint density at radius 1 is 1.55 bits per heavy atom. The van der Waals surface area contributed by atoms with Crippen molar-refractivity contribution in [2.24, 2.45) is 0 Å². The van der Waals surface area contributed by atoms with Gasteiger partial charge in [0.2, 0.25) is 10.0 Å². The van der Waals surface area contributed by atoms with E-state index in [0.29, 0.717) is 17.4 Å². The van der Waals surface area contributed by atoms with Crippen molar-refractivity contribution in [3.63, 3.8) is 0 Å². The molecule has 0 spiro atoms. The fourth-order valence-electron chi connectivity index (χ4n) is 2.14. The SMILES string of the molecule is CC(CC#N)NS(=O)(=O)c1cnc(N2CC=CCC2)c(Cl)c1. The lowest BCUT2D eigenvalue weighted by molar-refractivity contribution is 0.562. The van der Waals surface area contributed by atoms with Gasteiger partial charge in [-0.2, -0.15) is 5.26 Å². The maximum Gasteiger partial charge on any atom is 0.242 e. The molecule has 0 fully saturated rings. The van der Waals surface area contributed by atoms with Crippen LogP contribution in [-0.4, -0.2) is 32.5 Å². The number of hydrogen-bond donors (Lipinski definition) is 1. The number of nitrogens with zero attached hydrogens (tertiary/aromatic N) is 3. The molecule has 1 aromatic heterocycles. The van der Waals surface area contributed by atoms with Crippen molar-refractivity contribution in [3.05, 3.63) is 29.4 Å². The summed E-state index contributed by atoms with van der Waals surface area (Å²) in [7, 11) is -3.73. The largest absolute Gasteiger partial charge is 0.351 e. The zero-order valence-electron chi connectivity index (χ0n) is 12.2. The van der Waals surface area contributed by atoms with Gasteiger partial charge in [0.25, 0.3) is 0 Å². The van der Waals surface area contributed by atoms with Crippen molar-refractivity contribution < 1.29 is 8.42 Å². The molecule has 1 aromatic rings. The number of hydrogen-bond acceptors (Lipinski definition) is 5. The average Bonchev–Trinajstić information content (AvgIpc) is 2.47. The molecule has 6 nitrogen and oxygen atoms in total. The highest BCUT2D eigenvalue weighted by molar-refractivity contribution is 7.89. The van der Waals surface area contributed by atoms with E-state index in [-0.39, 0.29) is 11.3 Å². The van der Waals surface area contributed by atoms with Gasteiger partial charge >= 0.3 is 0 Å². The van der Waals surface area contributed by atoms with Crippen LogP contribution in [0.25, 0.3) is 0 Å². The molecule has 1 atom stereocenters. The van der Waals surface area contributed by atoms with Crippen molar-refractivity contribution in [2.75, 3.05) is 18.0 Å². The molecule has 2 heterocycles. The number of anilines is 1. The van der Waals surface area contributed by atoms with Crippen LogP contribution < -0.4 is 9.62 Å². The zero-order chi connectivity index (χ0) is 16.2. The third kappa shape index (κ3) is 3.97. The van der Waals surface area contributed by atoms with E-state index >= 15 is 0 Å². The molecule has 1 unspecified atom stereocenters. The number of halogens is 1. The summed E-state index contributed by atoms with van der Waals surface area (Å²) in [6.07, 6.45) is 6.41. The predicted molar refractivity (Wildman–Crippen MR) is 85.2 cm³/mol. The second-order valence-corrected chi connectivity index (χ2v) is 7.19. The van der Waals surface area contributed by atoms with E-state index in [1.165, 1.54) is 12.3 Å². The van der Waals surface area contributed by atoms with Gasteiger partial charge in [0.15, 0.2) is 0 Å². The van der Waals surface area contributed by atoms with Gasteiger partial charge in [-0.3, -0.25) is 0 Å². The Morgan fingerprint density at radius 3 is 2.91 bits per heavy atom. The lowest BCUT2D eigenvalue weighted by atomic mass is 10.2. The quantitative estimate of drug-likeness (QED) is 0.829. The van der Waals surface area contributed by atoms with Crippen molar-refractivity contribution in [1.82, 2.24) is 9.71 Å². The normalized spacial score (nSPS) is 16.3. The van der Waals surface area contributed by atoms with Crippen LogP contribution in [0.3, 0.4) is 0 Å². The molecule has 2 rings (SSSR count). The van der Waals surface area contributed by atoms with Crippen LogP contribution in [0.5, 0.6) is 0 Å². The molecule has 0 aliphatic carbocycles. The highest BCUT2D eigenvalue weighted by atomic mass is 35.5. The first-order valence-corrected chi connectivity index (χ1v) is 8.75. The van der Waals surface area contributed by atoms with Crippen LogP contribution in [0.4, 0.5) is 5.82 Å². The molecule has 0 radical (unpaired) electrons. The highest BCUT2D eigenvalue weighted by Gasteiger charge is 2.21. The Morgan fingerprint density at radius 2 is 2.32 bits per heavy atom. The predicted octanol–water partition coefficient (Wildman–Crippen LogP) is 2.08. The molecule has 118 valence electrons. The number of nitriles is 1. The van der Waals surface area contributed by atoms with E-state index < -0.39 is 16.1 Å². The highest BCUT2D eigenvalue weighted by Crippen LogP contribution is 2.27. The summed E-state index contributed by atoms with van der Waals surface area (Å²) in [4.78, 5) is 6.19. The van der Waals surface area contributed by atoms with Crippen molar-refractivity contribution in [1.29, 1.82) is 5.26 Å².